The lowest BCUT2D eigenvalue weighted by Gasteiger charge is -2.43. The fourth-order valence-electron chi connectivity index (χ4n) is 2.89. The van der Waals surface area contributed by atoms with Gasteiger partial charge in [0.2, 0.25) is 0 Å². The fraction of sp³-hybridized carbons (Fsp3) is 0.700. The van der Waals surface area contributed by atoms with Gasteiger partial charge >= 0.3 is 47.6 Å². The van der Waals surface area contributed by atoms with Crippen molar-refractivity contribution < 1.29 is 84.1 Å². The van der Waals surface area contributed by atoms with Gasteiger partial charge in [-0.25, -0.2) is 0 Å². The molecule has 0 saturated heterocycles. The van der Waals surface area contributed by atoms with Crippen LogP contribution in [0.25, 0.3) is 0 Å². The summed E-state index contributed by atoms with van der Waals surface area (Å²) in [4.78, 5) is 0. The Balaban J connectivity index is 3.48. The highest BCUT2D eigenvalue weighted by Gasteiger charge is 2.95. The van der Waals surface area contributed by atoms with Gasteiger partial charge in [0.1, 0.15) is 5.75 Å². The first-order valence-electron chi connectivity index (χ1n) is 10.2. The summed E-state index contributed by atoms with van der Waals surface area (Å²) in [6, 6.07) is 3.79. The van der Waals surface area contributed by atoms with Crippen LogP contribution in [0.15, 0.2) is 24.3 Å². The van der Waals surface area contributed by atoms with Gasteiger partial charge in [-0.3, -0.25) is 0 Å². The van der Waals surface area contributed by atoms with Crippen molar-refractivity contribution in [3.05, 3.63) is 29.8 Å². The van der Waals surface area contributed by atoms with Gasteiger partial charge in [-0.05, 0) is 24.1 Å². The quantitative estimate of drug-likeness (QED) is 0.208. The molecule has 0 heterocycles. The van der Waals surface area contributed by atoms with Crippen molar-refractivity contribution in [2.45, 2.75) is 73.5 Å². The summed E-state index contributed by atoms with van der Waals surface area (Å²) in [6.45, 7) is 1.84. The Morgan fingerprint density at radius 1 is 0.590 bits per heavy atom. The van der Waals surface area contributed by atoms with Crippen molar-refractivity contribution in [1.82, 2.24) is 0 Å². The third-order valence-corrected chi connectivity index (χ3v) is 5.24. The van der Waals surface area contributed by atoms with Crippen LogP contribution in [-0.2, 0) is 4.74 Å². The van der Waals surface area contributed by atoms with Crippen molar-refractivity contribution in [3.8, 4) is 5.75 Å². The average Bonchev–Trinajstić information content (AvgIpc) is 2.80. The Morgan fingerprint density at radius 3 is 1.33 bits per heavy atom. The Labute approximate surface area is 208 Å². The molecule has 0 aliphatic heterocycles. The maximum atomic E-state index is 14.3. The zero-order chi connectivity index (χ0) is 31.1. The highest BCUT2D eigenvalue weighted by Crippen LogP contribution is 2.64. The molecule has 0 bridgehead atoms. The van der Waals surface area contributed by atoms with E-state index in [0.717, 1.165) is 24.3 Å². The third kappa shape index (κ3) is 5.55. The maximum Gasteiger partial charge on any atom is 0.460 e. The van der Waals surface area contributed by atoms with Crippen molar-refractivity contribution >= 4 is 0 Å². The van der Waals surface area contributed by atoms with E-state index < -0.39 is 65.7 Å². The van der Waals surface area contributed by atoms with Gasteiger partial charge in [0, 0.05) is 13.5 Å². The van der Waals surface area contributed by atoms with E-state index >= 15 is 0 Å². The van der Waals surface area contributed by atoms with E-state index in [-0.39, 0.29) is 12.4 Å². The number of benzene rings is 1. The molecule has 0 fully saturated rings. The monoisotopic (exact) mass is 612 g/mol. The molecule has 1 rings (SSSR count). The standard InChI is InChI=1S/C20H17F17O2/c1-3-8-39-11-6-4-10(5-7-11)12(38-2)9-13(21,22)14(23,24)15(25,26)16(27,28)17(29,30)18(31,32)19(33,34)20(35,36)37/h4-7,12H,3,8-9H2,1-2H3. The molecule has 1 unspecified atom stereocenters. The Hall–Kier alpha value is -2.21. The van der Waals surface area contributed by atoms with Crippen molar-refractivity contribution in [3.63, 3.8) is 0 Å². The lowest BCUT2D eigenvalue weighted by Crippen LogP contribution is -2.74. The zero-order valence-corrected chi connectivity index (χ0v) is 19.2. The molecule has 0 saturated carbocycles. The highest BCUT2D eigenvalue weighted by molar-refractivity contribution is 5.29. The molecule has 39 heavy (non-hydrogen) atoms. The molecule has 1 aromatic carbocycles. The van der Waals surface area contributed by atoms with E-state index in [0.29, 0.717) is 13.5 Å². The van der Waals surface area contributed by atoms with Gasteiger partial charge in [0.05, 0.1) is 12.7 Å². The Morgan fingerprint density at radius 2 is 0.974 bits per heavy atom. The molecule has 0 N–H and O–H groups in total. The number of alkyl halides is 17. The van der Waals surface area contributed by atoms with Crippen LogP contribution in [0.4, 0.5) is 74.6 Å². The predicted molar refractivity (Wildman–Crippen MR) is 97.3 cm³/mol. The second-order valence-corrected chi connectivity index (χ2v) is 7.99. The van der Waals surface area contributed by atoms with Crippen LogP contribution in [0.5, 0.6) is 5.75 Å². The van der Waals surface area contributed by atoms with Crippen LogP contribution in [0.3, 0.4) is 0 Å². The summed E-state index contributed by atoms with van der Waals surface area (Å²) >= 11 is 0. The number of ether oxygens (including phenoxy) is 2. The smallest absolute Gasteiger partial charge is 0.460 e. The fourth-order valence-corrected chi connectivity index (χ4v) is 2.89. The van der Waals surface area contributed by atoms with Crippen LogP contribution < -0.4 is 4.74 Å². The average molecular weight is 612 g/mol. The van der Waals surface area contributed by atoms with Crippen LogP contribution >= 0.6 is 0 Å². The Kier molecular flexibility index (Phi) is 9.50. The molecule has 0 aliphatic rings. The lowest BCUT2D eigenvalue weighted by atomic mass is 9.87. The first-order valence-corrected chi connectivity index (χ1v) is 10.2. The molecule has 0 aliphatic carbocycles. The summed E-state index contributed by atoms with van der Waals surface area (Å²) in [5.41, 5.74) is -0.520. The van der Waals surface area contributed by atoms with E-state index in [1.807, 2.05) is 0 Å². The van der Waals surface area contributed by atoms with Gasteiger partial charge in [0.25, 0.3) is 0 Å². The molecule has 19 heteroatoms. The second-order valence-electron chi connectivity index (χ2n) is 7.99. The molecule has 0 amide bonds. The molecule has 0 aromatic heterocycles. The van der Waals surface area contributed by atoms with E-state index in [1.165, 1.54) is 0 Å². The van der Waals surface area contributed by atoms with Crippen LogP contribution in [0, 0.1) is 0 Å². The molecular formula is C20H17F17O2. The summed E-state index contributed by atoms with van der Waals surface area (Å²) in [6.07, 6.45) is -12.4. The van der Waals surface area contributed by atoms with Crippen LogP contribution in [0.2, 0.25) is 0 Å². The molecule has 1 atom stereocenters. The minimum absolute atomic E-state index is 0.0811. The van der Waals surface area contributed by atoms with E-state index in [2.05, 4.69) is 4.74 Å². The molecule has 1 aromatic rings. The minimum Gasteiger partial charge on any atom is -0.494 e. The predicted octanol–water partition coefficient (Wildman–Crippen LogP) is 8.56. The summed E-state index contributed by atoms with van der Waals surface area (Å²) in [5.74, 6) is -56.5. The first-order chi connectivity index (χ1) is 17.2. The maximum absolute atomic E-state index is 14.3. The van der Waals surface area contributed by atoms with E-state index in [9.17, 15) is 74.6 Å². The second kappa shape index (κ2) is 10.6. The molecule has 0 spiro atoms. The topological polar surface area (TPSA) is 18.5 Å². The molecular weight excluding hydrogens is 595 g/mol. The van der Waals surface area contributed by atoms with Crippen LogP contribution in [0.1, 0.15) is 31.4 Å². The summed E-state index contributed by atoms with van der Waals surface area (Å²) in [7, 11) is 0.529. The van der Waals surface area contributed by atoms with Gasteiger partial charge in [-0.2, -0.15) is 74.6 Å². The number of hydrogen-bond donors (Lipinski definition) is 0. The van der Waals surface area contributed by atoms with Crippen LogP contribution in [-0.4, -0.2) is 61.4 Å². The van der Waals surface area contributed by atoms with Gasteiger partial charge in [-0.15, -0.1) is 0 Å². The summed E-state index contributed by atoms with van der Waals surface area (Å²) < 4.78 is 237. The van der Waals surface area contributed by atoms with Crippen molar-refractivity contribution in [2.24, 2.45) is 0 Å². The SMILES string of the molecule is CCCOc1ccc(C(CC(F)(F)C(F)(F)C(F)(F)C(F)(F)C(F)(F)C(F)(F)C(F)(F)C(F)(F)F)OC)cc1. The van der Waals surface area contributed by atoms with Crippen molar-refractivity contribution in [2.75, 3.05) is 13.7 Å². The normalized spacial score (nSPS) is 15.9. The van der Waals surface area contributed by atoms with Crippen molar-refractivity contribution in [1.29, 1.82) is 0 Å². The number of rotatable bonds is 13. The molecule has 0 radical (unpaired) electrons. The third-order valence-electron chi connectivity index (χ3n) is 5.24. The van der Waals surface area contributed by atoms with Gasteiger partial charge in [-0.1, -0.05) is 19.1 Å². The number of hydrogen-bond acceptors (Lipinski definition) is 2. The number of halogens is 17. The first kappa shape index (κ1) is 34.8. The molecule has 2 nitrogen and oxygen atoms in total. The Bertz CT molecular complexity index is 954. The largest absolute Gasteiger partial charge is 0.494 e. The van der Waals surface area contributed by atoms with E-state index in [1.54, 1.807) is 6.92 Å². The minimum atomic E-state index is -8.66. The van der Waals surface area contributed by atoms with E-state index in [4.69, 9.17) is 4.74 Å². The van der Waals surface area contributed by atoms with Gasteiger partial charge in [0.15, 0.2) is 0 Å². The van der Waals surface area contributed by atoms with Gasteiger partial charge < -0.3 is 9.47 Å². The molecule has 228 valence electrons. The number of methoxy groups -OCH3 is 1. The zero-order valence-electron chi connectivity index (χ0n) is 19.2. The summed E-state index contributed by atoms with van der Waals surface area (Å²) in [5, 5.41) is 0. The lowest BCUT2D eigenvalue weighted by molar-refractivity contribution is -0.462. The highest BCUT2D eigenvalue weighted by atomic mass is 19.4.